The summed E-state index contributed by atoms with van der Waals surface area (Å²) in [6.07, 6.45) is -0.0249. The minimum Gasteiger partial charge on any atom is -0.507 e. The first-order valence-corrected chi connectivity index (χ1v) is 10.0. The number of rotatable bonds is 5. The summed E-state index contributed by atoms with van der Waals surface area (Å²) >= 11 is 0. The van der Waals surface area contributed by atoms with Crippen molar-refractivity contribution in [1.29, 1.82) is 0 Å². The fourth-order valence-electron chi connectivity index (χ4n) is 3.62. The number of aromatic nitrogens is 1. The number of carbonyl (C=O) groups excluding carboxylic acids is 2. The van der Waals surface area contributed by atoms with Gasteiger partial charge in [-0.2, -0.15) is 0 Å². The Bertz CT molecular complexity index is 1200. The number of aryl methyl sites for hydroxylation is 1. The fraction of sp³-hybridized carbons (Fsp3) is 0.208. The fourth-order valence-corrected chi connectivity index (χ4v) is 3.62. The largest absolute Gasteiger partial charge is 0.507 e. The van der Waals surface area contributed by atoms with E-state index in [2.05, 4.69) is 5.16 Å². The maximum absolute atomic E-state index is 13.4. The molecule has 7 nitrogen and oxygen atoms in total. The van der Waals surface area contributed by atoms with Crippen molar-refractivity contribution in [1.82, 2.24) is 5.16 Å². The Morgan fingerprint density at radius 3 is 2.34 bits per heavy atom. The standard InChI is InChI=1S/C24H21FN2O5/c1-13(2)31-18-10-6-15(7-11-18)21-20(22(28)16-4-8-17(25)9-5-16)23(29)24(30)27(21)19-12-14(3)32-26-19/h4-13,21,28H,1-3H3. The molecule has 1 amide bonds. The quantitative estimate of drug-likeness (QED) is 0.359. The van der Waals surface area contributed by atoms with Gasteiger partial charge in [0.1, 0.15) is 23.1 Å². The molecule has 0 saturated carbocycles. The number of nitrogens with zero attached hydrogens (tertiary/aromatic N) is 2. The second kappa shape index (κ2) is 8.30. The third kappa shape index (κ3) is 3.87. The number of benzene rings is 2. The maximum Gasteiger partial charge on any atom is 0.301 e. The zero-order valence-corrected chi connectivity index (χ0v) is 17.7. The number of Topliss-reactive ketones (excluding diaryl/α,β-unsaturated/α-hetero) is 1. The predicted octanol–water partition coefficient (Wildman–Crippen LogP) is 4.54. The molecule has 32 heavy (non-hydrogen) atoms. The number of carbonyl (C=O) groups is 2. The average Bonchev–Trinajstić information content (AvgIpc) is 3.29. The summed E-state index contributed by atoms with van der Waals surface area (Å²) in [7, 11) is 0. The lowest BCUT2D eigenvalue weighted by molar-refractivity contribution is -0.132. The summed E-state index contributed by atoms with van der Waals surface area (Å²) in [5.41, 5.74) is 0.648. The van der Waals surface area contributed by atoms with Crippen LogP contribution in [-0.2, 0) is 9.59 Å². The monoisotopic (exact) mass is 436 g/mol. The summed E-state index contributed by atoms with van der Waals surface area (Å²) in [5, 5.41) is 14.9. The Labute approximate surface area is 183 Å². The maximum atomic E-state index is 13.4. The molecule has 1 aliphatic heterocycles. The van der Waals surface area contributed by atoms with E-state index in [0.29, 0.717) is 17.1 Å². The van der Waals surface area contributed by atoms with Crippen LogP contribution in [0.3, 0.4) is 0 Å². The highest BCUT2D eigenvalue weighted by Crippen LogP contribution is 2.42. The van der Waals surface area contributed by atoms with Crippen molar-refractivity contribution in [2.45, 2.75) is 32.9 Å². The van der Waals surface area contributed by atoms with E-state index in [-0.39, 0.29) is 23.1 Å². The number of anilines is 1. The number of halogens is 1. The molecule has 0 aliphatic carbocycles. The van der Waals surface area contributed by atoms with E-state index in [9.17, 15) is 19.1 Å². The number of aliphatic hydroxyl groups excluding tert-OH is 1. The topological polar surface area (TPSA) is 92.9 Å². The van der Waals surface area contributed by atoms with Crippen LogP contribution < -0.4 is 9.64 Å². The van der Waals surface area contributed by atoms with Crippen LogP contribution in [-0.4, -0.2) is 28.1 Å². The van der Waals surface area contributed by atoms with Gasteiger partial charge in [-0.3, -0.25) is 14.5 Å². The highest BCUT2D eigenvalue weighted by atomic mass is 19.1. The lowest BCUT2D eigenvalue weighted by Gasteiger charge is -2.23. The smallest absolute Gasteiger partial charge is 0.301 e. The third-order valence-electron chi connectivity index (χ3n) is 4.99. The van der Waals surface area contributed by atoms with Gasteiger partial charge >= 0.3 is 5.91 Å². The van der Waals surface area contributed by atoms with E-state index in [4.69, 9.17) is 9.26 Å². The van der Waals surface area contributed by atoms with Crippen LogP contribution in [0.15, 0.2) is 64.7 Å². The van der Waals surface area contributed by atoms with E-state index in [1.165, 1.54) is 35.2 Å². The van der Waals surface area contributed by atoms with Gasteiger partial charge in [-0.05, 0) is 62.7 Å². The van der Waals surface area contributed by atoms with Crippen molar-refractivity contribution < 1.29 is 28.3 Å². The molecule has 1 N–H and O–H groups in total. The molecule has 2 heterocycles. The number of amides is 1. The Kier molecular flexibility index (Phi) is 5.52. The molecule has 4 rings (SSSR count). The highest BCUT2D eigenvalue weighted by Gasteiger charge is 2.48. The van der Waals surface area contributed by atoms with Gasteiger partial charge in [0.15, 0.2) is 5.82 Å². The Balaban J connectivity index is 1.87. The van der Waals surface area contributed by atoms with Crippen LogP contribution in [0, 0.1) is 12.7 Å². The zero-order valence-electron chi connectivity index (χ0n) is 17.7. The molecule has 1 atom stereocenters. The summed E-state index contributed by atoms with van der Waals surface area (Å²) in [4.78, 5) is 27.2. The first kappa shape index (κ1) is 21.3. The molecule has 1 unspecified atom stereocenters. The molecule has 2 aromatic carbocycles. The summed E-state index contributed by atoms with van der Waals surface area (Å²) in [6, 6.07) is 12.5. The molecule has 0 spiro atoms. The average molecular weight is 436 g/mol. The first-order valence-electron chi connectivity index (χ1n) is 10.0. The third-order valence-corrected chi connectivity index (χ3v) is 4.99. The number of hydrogen-bond acceptors (Lipinski definition) is 6. The van der Waals surface area contributed by atoms with Crippen LogP contribution in [0.5, 0.6) is 5.75 Å². The normalized spacial score (nSPS) is 17.9. The van der Waals surface area contributed by atoms with Crippen LogP contribution in [0.4, 0.5) is 10.2 Å². The predicted molar refractivity (Wildman–Crippen MR) is 115 cm³/mol. The molecule has 8 heteroatoms. The van der Waals surface area contributed by atoms with Crippen molar-refractivity contribution in [3.63, 3.8) is 0 Å². The van der Waals surface area contributed by atoms with Gasteiger partial charge in [0.2, 0.25) is 0 Å². The van der Waals surface area contributed by atoms with Gasteiger partial charge in [0.25, 0.3) is 5.78 Å². The number of ketones is 1. The lowest BCUT2D eigenvalue weighted by atomic mass is 9.95. The van der Waals surface area contributed by atoms with Crippen molar-refractivity contribution >= 4 is 23.3 Å². The summed E-state index contributed by atoms with van der Waals surface area (Å²) in [6.45, 7) is 5.47. The number of ether oxygens (including phenoxy) is 1. The van der Waals surface area contributed by atoms with Crippen molar-refractivity contribution in [2.24, 2.45) is 0 Å². The van der Waals surface area contributed by atoms with Crippen LogP contribution in [0.25, 0.3) is 5.76 Å². The van der Waals surface area contributed by atoms with E-state index >= 15 is 0 Å². The van der Waals surface area contributed by atoms with Crippen molar-refractivity contribution in [2.75, 3.05) is 4.90 Å². The van der Waals surface area contributed by atoms with Gasteiger partial charge in [-0.1, -0.05) is 17.3 Å². The SMILES string of the molecule is Cc1cc(N2C(=O)C(=O)C(=C(O)c3ccc(F)cc3)C2c2ccc(OC(C)C)cc2)no1. The molecular weight excluding hydrogens is 415 g/mol. The van der Waals surface area contributed by atoms with Crippen LogP contribution >= 0.6 is 0 Å². The Morgan fingerprint density at radius 2 is 1.78 bits per heavy atom. The molecular formula is C24H21FN2O5. The van der Waals surface area contributed by atoms with E-state index in [1.54, 1.807) is 31.2 Å². The van der Waals surface area contributed by atoms with Crippen molar-refractivity contribution in [3.05, 3.63) is 82.9 Å². The van der Waals surface area contributed by atoms with Crippen LogP contribution in [0.2, 0.25) is 0 Å². The van der Waals surface area contributed by atoms with Gasteiger partial charge in [0, 0.05) is 11.6 Å². The number of hydrogen-bond donors (Lipinski definition) is 1. The molecule has 164 valence electrons. The molecule has 3 aromatic rings. The minimum absolute atomic E-state index is 0.0249. The Hall–Kier alpha value is -3.94. The molecule has 1 aromatic heterocycles. The Morgan fingerprint density at radius 1 is 1.12 bits per heavy atom. The lowest BCUT2D eigenvalue weighted by Crippen LogP contribution is -2.29. The molecule has 1 aliphatic rings. The van der Waals surface area contributed by atoms with Gasteiger partial charge in [0.05, 0.1) is 17.7 Å². The zero-order chi connectivity index (χ0) is 23.0. The van der Waals surface area contributed by atoms with E-state index in [0.717, 1.165) is 0 Å². The summed E-state index contributed by atoms with van der Waals surface area (Å²) in [5.74, 6) is -1.39. The highest BCUT2D eigenvalue weighted by molar-refractivity contribution is 6.51. The van der Waals surface area contributed by atoms with Crippen molar-refractivity contribution in [3.8, 4) is 5.75 Å². The summed E-state index contributed by atoms with van der Waals surface area (Å²) < 4.78 is 24.1. The molecule has 0 radical (unpaired) electrons. The second-order valence-electron chi connectivity index (χ2n) is 7.71. The van der Waals surface area contributed by atoms with Gasteiger partial charge in [-0.15, -0.1) is 0 Å². The van der Waals surface area contributed by atoms with E-state index < -0.39 is 29.3 Å². The first-order chi connectivity index (χ1) is 15.3. The molecule has 0 bridgehead atoms. The number of aliphatic hydroxyl groups is 1. The molecule has 1 fully saturated rings. The van der Waals surface area contributed by atoms with Crippen LogP contribution in [0.1, 0.15) is 36.8 Å². The minimum atomic E-state index is -0.961. The van der Waals surface area contributed by atoms with Gasteiger partial charge in [-0.25, -0.2) is 4.39 Å². The molecule has 1 saturated heterocycles. The second-order valence-corrected chi connectivity index (χ2v) is 7.71. The van der Waals surface area contributed by atoms with Gasteiger partial charge < -0.3 is 14.4 Å². The van der Waals surface area contributed by atoms with E-state index in [1.807, 2.05) is 13.8 Å².